The Labute approximate surface area is 683 Å². The molecule has 0 spiro atoms. The Bertz CT molecular complexity index is 5240. The van der Waals surface area contributed by atoms with Crippen LogP contribution >= 0.6 is 0 Å². The van der Waals surface area contributed by atoms with E-state index in [-0.39, 0.29) is 135 Å². The Kier molecular flexibility index (Phi) is 21.8. The lowest BCUT2D eigenvalue weighted by molar-refractivity contribution is -0.140. The molecule has 0 aliphatic carbocycles. The van der Waals surface area contributed by atoms with Crippen molar-refractivity contribution in [3.8, 4) is 46.0 Å². The van der Waals surface area contributed by atoms with Crippen molar-refractivity contribution in [1.82, 2.24) is 29.4 Å². The fourth-order valence-corrected chi connectivity index (χ4v) is 16.6. The predicted molar refractivity (Wildman–Crippen MR) is 456 cm³/mol. The van der Waals surface area contributed by atoms with E-state index in [2.05, 4.69) is 99.5 Å². The molecule has 2 saturated heterocycles. The molecule has 11 aromatic carbocycles. The zero-order valence-corrected chi connectivity index (χ0v) is 69.1. The van der Waals surface area contributed by atoms with Crippen molar-refractivity contribution in [2.45, 2.75) is 137 Å². The fourth-order valence-electron chi connectivity index (χ4n) is 16.6. The van der Waals surface area contributed by atoms with Crippen LogP contribution < -0.4 is 18.9 Å². The lowest BCUT2D eigenvalue weighted by Gasteiger charge is -2.40. The van der Waals surface area contributed by atoms with E-state index in [0.29, 0.717) is 106 Å². The third kappa shape index (κ3) is 16.0. The molecule has 2 unspecified atom stereocenters. The minimum absolute atomic E-state index is 0.0199. The lowest BCUT2D eigenvalue weighted by atomic mass is 9.80. The molecule has 15 rings (SSSR count). The van der Waals surface area contributed by atoms with Gasteiger partial charge in [-0.2, -0.15) is 0 Å². The summed E-state index contributed by atoms with van der Waals surface area (Å²) in [7, 11) is 0. The number of carbonyl (C=O) groups is 7. The summed E-state index contributed by atoms with van der Waals surface area (Å²) in [4.78, 5) is 122. The number of esters is 1. The van der Waals surface area contributed by atoms with E-state index in [4.69, 9.17) is 23.7 Å². The molecular formula is C98H102N6O13. The van der Waals surface area contributed by atoms with Crippen LogP contribution in [0.2, 0.25) is 0 Å². The van der Waals surface area contributed by atoms with Gasteiger partial charge >= 0.3 is 5.97 Å². The van der Waals surface area contributed by atoms with Crippen LogP contribution in [0, 0.1) is 0 Å². The first kappa shape index (κ1) is 80.4. The van der Waals surface area contributed by atoms with Crippen molar-refractivity contribution in [3.05, 3.63) is 250 Å². The van der Waals surface area contributed by atoms with Crippen LogP contribution in [-0.4, -0.2) is 167 Å². The summed E-state index contributed by atoms with van der Waals surface area (Å²) in [5.41, 5.74) is 4.72. The van der Waals surface area contributed by atoms with Crippen molar-refractivity contribution in [2.75, 3.05) is 78.7 Å². The van der Waals surface area contributed by atoms with Gasteiger partial charge in [0.2, 0.25) is 11.8 Å². The van der Waals surface area contributed by atoms with Gasteiger partial charge in [-0.25, -0.2) is 4.79 Å². The zero-order chi connectivity index (χ0) is 82.9. The summed E-state index contributed by atoms with van der Waals surface area (Å²) in [6.07, 6.45) is -0.0848. The molecule has 4 aliphatic heterocycles. The molecule has 0 aromatic heterocycles. The second-order valence-electron chi connectivity index (χ2n) is 35.5. The molecule has 19 heteroatoms. The Balaban J connectivity index is 1.05. The van der Waals surface area contributed by atoms with Gasteiger partial charge in [-0.1, -0.05) is 199 Å². The van der Waals surface area contributed by atoms with Crippen LogP contribution in [0.25, 0.3) is 43.1 Å². The van der Waals surface area contributed by atoms with Crippen LogP contribution in [0.1, 0.15) is 165 Å². The van der Waals surface area contributed by atoms with Gasteiger partial charge in [0.15, 0.2) is 0 Å². The largest absolute Gasteiger partial charge is 0.461 e. The number of benzene rings is 11. The van der Waals surface area contributed by atoms with Gasteiger partial charge in [0.25, 0.3) is 23.6 Å². The minimum Gasteiger partial charge on any atom is -0.461 e. The summed E-state index contributed by atoms with van der Waals surface area (Å²) in [6, 6.07) is 53.2. The number of hydrogen-bond donors (Lipinski definition) is 1. The Morgan fingerprint density at radius 2 is 0.650 bits per heavy atom. The van der Waals surface area contributed by atoms with E-state index in [0.717, 1.165) is 32.1 Å². The number of ether oxygens (including phenoxy) is 5. The molecule has 0 bridgehead atoms. The number of rotatable bonds is 22. The summed E-state index contributed by atoms with van der Waals surface area (Å²) in [6.45, 7) is 34.4. The highest BCUT2D eigenvalue weighted by Crippen LogP contribution is 2.59. The summed E-state index contributed by atoms with van der Waals surface area (Å²) >= 11 is 0. The highest BCUT2D eigenvalue weighted by atomic mass is 16.5. The molecule has 2 atom stereocenters. The highest BCUT2D eigenvalue weighted by molar-refractivity contribution is 6.45. The lowest BCUT2D eigenvalue weighted by Crippen LogP contribution is -2.58. The number of amides is 6. The Hall–Kier alpha value is -11.8. The smallest absolute Gasteiger partial charge is 0.333 e. The third-order valence-electron chi connectivity index (χ3n) is 23.3. The maximum absolute atomic E-state index is 17.0. The van der Waals surface area contributed by atoms with Crippen LogP contribution in [-0.2, 0) is 53.6 Å². The molecule has 4 heterocycles. The number of β-amino-alcohol motifs (C(OH)–C–C–N with tert-alkyl or cyclic N) is 1. The van der Waals surface area contributed by atoms with Crippen molar-refractivity contribution < 1.29 is 62.4 Å². The Morgan fingerprint density at radius 3 is 0.906 bits per heavy atom. The van der Waals surface area contributed by atoms with Crippen LogP contribution in [0.5, 0.6) is 46.0 Å². The van der Waals surface area contributed by atoms with Gasteiger partial charge in [-0.3, -0.25) is 48.4 Å². The Morgan fingerprint density at radius 1 is 0.376 bits per heavy atom. The van der Waals surface area contributed by atoms with Gasteiger partial charge in [0, 0.05) is 127 Å². The molecular weight excluding hydrogens is 1470 g/mol. The van der Waals surface area contributed by atoms with E-state index >= 15 is 28.8 Å². The summed E-state index contributed by atoms with van der Waals surface area (Å²) < 4.78 is 35.3. The average Bonchev–Trinajstić information content (AvgIpc) is 0.669. The first-order valence-corrected chi connectivity index (χ1v) is 40.5. The minimum atomic E-state index is -1.40. The molecule has 19 nitrogen and oxygen atoms in total. The van der Waals surface area contributed by atoms with Crippen molar-refractivity contribution in [2.24, 2.45) is 0 Å². The van der Waals surface area contributed by atoms with E-state index in [1.54, 1.807) is 41.0 Å². The fraction of sp³-hybridized carbons (Fsp3) is 0.337. The molecule has 0 saturated carbocycles. The quantitative estimate of drug-likeness (QED) is 0.0220. The van der Waals surface area contributed by atoms with Crippen molar-refractivity contribution in [3.63, 3.8) is 0 Å². The molecule has 2 fully saturated rings. The SMILES string of the molecule is C=C(C)C(=O)OCCN1CCN(C(=O)C(Cc2ccccc2)N2C(=O)c3cc(Oc4ccc(C(C)(C)C)cc4)c4c5c(Oc6ccc(C(C)(C)C)cc6)cc6c7c(cc(Oc8ccc(C(C)(C)C)cc8)c(c8c(Oc9ccc(C(C)(C)C)cc9)cc(c3c48)C2=O)c75)C(=O)N(C(Cc2ccccc2)C(=O)N2CCN(CCO)CC2)C6=O)CC1. The molecule has 4 aliphatic rings. The number of nitrogens with zero attached hydrogens (tertiary/aromatic N) is 6. The molecule has 602 valence electrons. The molecule has 117 heavy (non-hydrogen) atoms. The monoisotopic (exact) mass is 1570 g/mol. The maximum atomic E-state index is 17.0. The van der Waals surface area contributed by atoms with Crippen molar-refractivity contribution in [1.29, 1.82) is 0 Å². The summed E-state index contributed by atoms with van der Waals surface area (Å²) in [5, 5.41) is 12.2. The molecule has 11 aromatic rings. The van der Waals surface area contributed by atoms with Gasteiger partial charge in [0.1, 0.15) is 64.7 Å². The number of fused-ring (bicyclic) bond motifs is 2. The number of aliphatic hydroxyl groups excluding tert-OH is 1. The number of piperazine rings is 2. The van der Waals surface area contributed by atoms with Crippen molar-refractivity contribution >= 4 is 84.5 Å². The van der Waals surface area contributed by atoms with Crippen LogP contribution in [0.4, 0.5) is 0 Å². The average molecular weight is 1570 g/mol. The van der Waals surface area contributed by atoms with Gasteiger partial charge in [0.05, 0.1) is 28.9 Å². The van der Waals surface area contributed by atoms with Crippen LogP contribution in [0.15, 0.2) is 194 Å². The maximum Gasteiger partial charge on any atom is 0.333 e. The molecule has 0 radical (unpaired) electrons. The standard InChI is InChI=1S/C98H102N6O13/c1-59(2)94(112)113-52-50-100-43-47-102(48-44-100)93(111)75(54-61-23-19-16-20-24-61)104-90(108)72-57-78(116-68-37-29-64(30-38-68)97(9,10)11)84-82-76(114-66-33-25-62(26-34-66)95(3,4)5)55-70-80-71(89(107)103(88(70)106)74(53-60-21-17-15-18-22-60)92(110)101-45-41-99(42-46-101)49-51-105)56-77(115-67-35-27-63(28-36-67)96(6,7)8)83(86(80)82)85-79(58-73(91(104)109)81(72)87(84)85)117-69-39-31-65(32-40-69)98(12,13)14/h15-40,55-58,74-75,105H,1,41-54H2,2-14H3. The van der Waals surface area contributed by atoms with E-state index in [1.165, 1.54) is 0 Å². The predicted octanol–water partition coefficient (Wildman–Crippen LogP) is 17.9. The second kappa shape index (κ2) is 31.7. The first-order valence-electron chi connectivity index (χ1n) is 40.5. The normalized spacial score (nSPS) is 15.7. The number of imide groups is 2. The third-order valence-corrected chi connectivity index (χ3v) is 23.3. The van der Waals surface area contributed by atoms with E-state index in [9.17, 15) is 9.90 Å². The molecule has 6 amide bonds. The second-order valence-corrected chi connectivity index (χ2v) is 35.5. The van der Waals surface area contributed by atoms with Gasteiger partial charge in [-0.05, 0) is 135 Å². The number of hydrogen-bond acceptors (Lipinski definition) is 15. The zero-order valence-electron chi connectivity index (χ0n) is 69.1. The first-order chi connectivity index (χ1) is 55.7. The van der Waals surface area contributed by atoms with Crippen LogP contribution in [0.3, 0.4) is 0 Å². The van der Waals surface area contributed by atoms with Gasteiger partial charge in [-0.15, -0.1) is 0 Å². The topological polar surface area (TPSA) is 205 Å². The highest BCUT2D eigenvalue weighted by Gasteiger charge is 2.48. The number of aliphatic hydroxyl groups is 1. The number of carbonyl (C=O) groups excluding carboxylic acids is 7. The summed E-state index contributed by atoms with van der Waals surface area (Å²) in [5.74, 6) is -2.60. The van der Waals surface area contributed by atoms with Gasteiger partial charge < -0.3 is 38.6 Å². The van der Waals surface area contributed by atoms with E-state index in [1.807, 2.05) is 158 Å². The van der Waals surface area contributed by atoms with E-state index < -0.39 is 53.5 Å². The molecule has 1 N–H and O–H groups in total.